The molecule has 6 heteroatoms. The van der Waals surface area contributed by atoms with Crippen LogP contribution in [0, 0.1) is 0 Å². The van der Waals surface area contributed by atoms with Gasteiger partial charge in [0.1, 0.15) is 5.75 Å². The molecule has 3 aromatic carbocycles. The van der Waals surface area contributed by atoms with Crippen LogP contribution in [0.3, 0.4) is 0 Å². The number of carbonyl (C=O) groups is 1. The van der Waals surface area contributed by atoms with E-state index >= 15 is 0 Å². The molecule has 0 fully saturated rings. The quantitative estimate of drug-likeness (QED) is 0.344. The van der Waals surface area contributed by atoms with Crippen LogP contribution in [-0.2, 0) is 11.3 Å². The second kappa shape index (κ2) is 9.29. The highest BCUT2D eigenvalue weighted by molar-refractivity contribution is 6.30. The monoisotopic (exact) mass is 417 g/mol. The van der Waals surface area contributed by atoms with Gasteiger partial charge in [0.25, 0.3) is 5.91 Å². The van der Waals surface area contributed by atoms with Gasteiger partial charge in [0.05, 0.1) is 6.21 Å². The summed E-state index contributed by atoms with van der Waals surface area (Å²) in [5.41, 5.74) is 5.77. The van der Waals surface area contributed by atoms with Crippen molar-refractivity contribution in [1.82, 2.24) is 9.99 Å². The number of nitrogens with zero attached hydrogens (tertiary/aromatic N) is 2. The van der Waals surface area contributed by atoms with Crippen molar-refractivity contribution in [3.63, 3.8) is 0 Å². The van der Waals surface area contributed by atoms with Crippen molar-refractivity contribution in [1.29, 1.82) is 0 Å². The fraction of sp³-hybridized carbons (Fsp3) is 0.0833. The van der Waals surface area contributed by atoms with E-state index < -0.39 is 0 Å². The van der Waals surface area contributed by atoms with Gasteiger partial charge in [-0.05, 0) is 35.9 Å². The normalized spacial score (nSPS) is 11.1. The molecule has 0 saturated carbocycles. The third-order valence-corrected chi connectivity index (χ3v) is 4.84. The topological polar surface area (TPSA) is 55.6 Å². The molecule has 0 aliphatic heterocycles. The number of hydrazone groups is 1. The number of halogens is 1. The molecule has 0 bridgehead atoms. The molecule has 0 unspecified atom stereocenters. The van der Waals surface area contributed by atoms with E-state index in [1.165, 1.54) is 5.56 Å². The summed E-state index contributed by atoms with van der Waals surface area (Å²) < 4.78 is 7.60. The Bertz CT molecular complexity index is 1170. The average Bonchev–Trinajstić information content (AvgIpc) is 3.12. The lowest BCUT2D eigenvalue weighted by Gasteiger charge is -2.05. The fourth-order valence-corrected chi connectivity index (χ4v) is 3.30. The lowest BCUT2D eigenvalue weighted by Crippen LogP contribution is -2.24. The second-order valence-corrected chi connectivity index (χ2v) is 7.19. The first-order valence-corrected chi connectivity index (χ1v) is 9.89. The van der Waals surface area contributed by atoms with E-state index in [1.807, 2.05) is 42.6 Å². The molecule has 1 aromatic heterocycles. The maximum atomic E-state index is 12.0. The molecule has 4 rings (SSSR count). The van der Waals surface area contributed by atoms with Crippen LogP contribution in [0.2, 0.25) is 5.02 Å². The van der Waals surface area contributed by atoms with E-state index in [-0.39, 0.29) is 12.5 Å². The molecule has 0 atom stereocenters. The van der Waals surface area contributed by atoms with Gasteiger partial charge in [-0.15, -0.1) is 0 Å². The van der Waals surface area contributed by atoms with Crippen molar-refractivity contribution in [2.75, 3.05) is 6.61 Å². The number of nitrogens with one attached hydrogen (secondary N) is 1. The zero-order valence-corrected chi connectivity index (χ0v) is 16.9. The molecule has 0 radical (unpaired) electrons. The highest BCUT2D eigenvalue weighted by Gasteiger charge is 2.07. The number of rotatable bonds is 7. The Morgan fingerprint density at radius 2 is 1.73 bits per heavy atom. The summed E-state index contributed by atoms with van der Waals surface area (Å²) >= 11 is 5.83. The number of para-hydroxylation sites is 1. The predicted octanol–water partition coefficient (Wildman–Crippen LogP) is 4.87. The van der Waals surface area contributed by atoms with E-state index in [9.17, 15) is 4.79 Å². The summed E-state index contributed by atoms with van der Waals surface area (Å²) in [6.07, 6.45) is 3.70. The van der Waals surface area contributed by atoms with Gasteiger partial charge in [0.2, 0.25) is 0 Å². The first-order chi connectivity index (χ1) is 14.7. The third-order valence-electron chi connectivity index (χ3n) is 4.59. The molecule has 30 heavy (non-hydrogen) atoms. The van der Waals surface area contributed by atoms with Crippen LogP contribution in [0.5, 0.6) is 5.75 Å². The molecular formula is C24H20ClN3O2. The predicted molar refractivity (Wildman–Crippen MR) is 120 cm³/mol. The molecular weight excluding hydrogens is 398 g/mol. The Morgan fingerprint density at radius 1 is 1.00 bits per heavy atom. The highest BCUT2D eigenvalue weighted by atomic mass is 35.5. The van der Waals surface area contributed by atoms with E-state index in [0.717, 1.165) is 23.0 Å². The minimum Gasteiger partial charge on any atom is -0.484 e. The Balaban J connectivity index is 1.42. The van der Waals surface area contributed by atoms with Crippen LogP contribution in [0.1, 0.15) is 11.1 Å². The SMILES string of the molecule is O=C(COc1ccc(Cl)cc1)NN=Cc1cn(Cc2ccccc2)c2ccccc12. The van der Waals surface area contributed by atoms with Gasteiger partial charge in [-0.25, -0.2) is 5.43 Å². The second-order valence-electron chi connectivity index (χ2n) is 6.75. The molecule has 4 aromatic rings. The number of ether oxygens (including phenoxy) is 1. The van der Waals surface area contributed by atoms with Crippen LogP contribution < -0.4 is 10.2 Å². The Kier molecular flexibility index (Phi) is 6.11. The van der Waals surface area contributed by atoms with Crippen molar-refractivity contribution in [2.24, 2.45) is 5.10 Å². The maximum absolute atomic E-state index is 12.0. The summed E-state index contributed by atoms with van der Waals surface area (Å²) in [5, 5.41) is 5.79. The minimum atomic E-state index is -0.339. The van der Waals surface area contributed by atoms with Gasteiger partial charge < -0.3 is 9.30 Å². The number of benzene rings is 3. The van der Waals surface area contributed by atoms with E-state index in [0.29, 0.717) is 10.8 Å². The first kappa shape index (κ1) is 19.7. The highest BCUT2D eigenvalue weighted by Crippen LogP contribution is 2.21. The lowest BCUT2D eigenvalue weighted by atomic mass is 10.2. The van der Waals surface area contributed by atoms with Gasteiger partial charge in [0.15, 0.2) is 6.61 Å². The fourth-order valence-electron chi connectivity index (χ4n) is 3.17. The van der Waals surface area contributed by atoms with Gasteiger partial charge >= 0.3 is 0 Å². The Morgan fingerprint density at radius 3 is 2.53 bits per heavy atom. The van der Waals surface area contributed by atoms with E-state index in [2.05, 4.69) is 33.3 Å². The molecule has 0 aliphatic rings. The summed E-state index contributed by atoms with van der Waals surface area (Å²) in [6, 6.07) is 25.2. The van der Waals surface area contributed by atoms with Gasteiger partial charge in [-0.1, -0.05) is 60.1 Å². The van der Waals surface area contributed by atoms with Crippen molar-refractivity contribution >= 4 is 34.6 Å². The summed E-state index contributed by atoms with van der Waals surface area (Å²) in [6.45, 7) is 0.630. The van der Waals surface area contributed by atoms with Crippen LogP contribution in [0.4, 0.5) is 0 Å². The number of hydrogen-bond acceptors (Lipinski definition) is 3. The van der Waals surface area contributed by atoms with Gasteiger partial charge in [0, 0.05) is 34.2 Å². The Labute approximate surface area is 179 Å². The molecule has 1 amide bonds. The number of hydrogen-bond donors (Lipinski definition) is 1. The first-order valence-electron chi connectivity index (χ1n) is 9.51. The number of amides is 1. The van der Waals surface area contributed by atoms with E-state index in [1.54, 1.807) is 30.5 Å². The molecule has 0 spiro atoms. The molecule has 0 saturated heterocycles. The minimum absolute atomic E-state index is 0.130. The largest absolute Gasteiger partial charge is 0.484 e. The summed E-state index contributed by atoms with van der Waals surface area (Å²) in [7, 11) is 0. The van der Waals surface area contributed by atoms with Crippen LogP contribution in [0.15, 0.2) is 90.2 Å². The van der Waals surface area contributed by atoms with Crippen molar-refractivity contribution in [2.45, 2.75) is 6.54 Å². The van der Waals surface area contributed by atoms with Gasteiger partial charge in [-0.3, -0.25) is 4.79 Å². The zero-order chi connectivity index (χ0) is 20.8. The zero-order valence-electron chi connectivity index (χ0n) is 16.2. The molecule has 1 heterocycles. The van der Waals surface area contributed by atoms with Crippen LogP contribution in [0.25, 0.3) is 10.9 Å². The Hall–Kier alpha value is -3.57. The molecule has 150 valence electrons. The van der Waals surface area contributed by atoms with Crippen molar-refractivity contribution in [3.05, 3.63) is 101 Å². The van der Waals surface area contributed by atoms with Crippen LogP contribution >= 0.6 is 11.6 Å². The lowest BCUT2D eigenvalue weighted by molar-refractivity contribution is -0.123. The third kappa shape index (κ3) is 4.88. The van der Waals surface area contributed by atoms with Crippen molar-refractivity contribution < 1.29 is 9.53 Å². The standard InChI is InChI=1S/C24H20ClN3O2/c25-20-10-12-21(13-11-20)30-17-24(29)27-26-14-19-16-28(15-18-6-2-1-3-7-18)23-9-5-4-8-22(19)23/h1-14,16H,15,17H2,(H,27,29). The molecule has 5 nitrogen and oxygen atoms in total. The number of aromatic nitrogens is 1. The summed E-state index contributed by atoms with van der Waals surface area (Å²) in [4.78, 5) is 12.0. The number of fused-ring (bicyclic) bond motifs is 1. The van der Waals surface area contributed by atoms with Crippen molar-refractivity contribution in [3.8, 4) is 5.75 Å². The van der Waals surface area contributed by atoms with E-state index in [4.69, 9.17) is 16.3 Å². The smallest absolute Gasteiger partial charge is 0.277 e. The molecule has 1 N–H and O–H groups in total. The average molecular weight is 418 g/mol. The summed E-state index contributed by atoms with van der Waals surface area (Å²) in [5.74, 6) is 0.233. The number of carbonyl (C=O) groups excluding carboxylic acids is 1. The molecule has 0 aliphatic carbocycles. The van der Waals surface area contributed by atoms with Gasteiger partial charge in [-0.2, -0.15) is 5.10 Å². The van der Waals surface area contributed by atoms with Crippen LogP contribution in [-0.4, -0.2) is 23.3 Å². The maximum Gasteiger partial charge on any atom is 0.277 e.